The van der Waals surface area contributed by atoms with Crippen molar-refractivity contribution in [3.63, 3.8) is 0 Å². The number of fused-ring (bicyclic) bond motifs is 2. The summed E-state index contributed by atoms with van der Waals surface area (Å²) in [4.78, 5) is 19.9. The first-order chi connectivity index (χ1) is 15.0. The molecular weight excluding hydrogens is 410 g/mol. The highest BCUT2D eigenvalue weighted by Crippen LogP contribution is 2.36. The van der Waals surface area contributed by atoms with E-state index in [0.717, 1.165) is 29.4 Å². The molecule has 4 aromatic rings. The predicted octanol–water partition coefficient (Wildman–Crippen LogP) is 5.73. The smallest absolute Gasteiger partial charge is 0.228 e. The van der Waals surface area contributed by atoms with Gasteiger partial charge in [-0.3, -0.25) is 9.36 Å². The van der Waals surface area contributed by atoms with Crippen molar-refractivity contribution < 1.29 is 9.90 Å². The quantitative estimate of drug-likeness (QED) is 0.403. The van der Waals surface area contributed by atoms with Gasteiger partial charge in [-0.25, -0.2) is 4.98 Å². The Labute approximate surface area is 186 Å². The second kappa shape index (κ2) is 8.98. The number of halogens is 1. The molecule has 2 aromatic heterocycles. The van der Waals surface area contributed by atoms with Crippen LogP contribution in [0.2, 0.25) is 5.02 Å². The van der Waals surface area contributed by atoms with Gasteiger partial charge in [0.25, 0.3) is 0 Å². The summed E-state index contributed by atoms with van der Waals surface area (Å²) in [5, 5.41) is 13.4. The second-order valence-corrected chi connectivity index (χ2v) is 8.15. The molecule has 0 aliphatic carbocycles. The van der Waals surface area contributed by atoms with E-state index in [0.29, 0.717) is 34.7 Å². The Morgan fingerprint density at radius 3 is 2.42 bits per heavy atom. The van der Waals surface area contributed by atoms with Gasteiger partial charge in [-0.05, 0) is 49.2 Å². The highest BCUT2D eigenvalue weighted by Gasteiger charge is 2.23. The van der Waals surface area contributed by atoms with Crippen LogP contribution in [0.3, 0.4) is 0 Å². The number of hydrogen-bond acceptors (Lipinski definition) is 3. The van der Waals surface area contributed by atoms with Crippen LogP contribution >= 0.6 is 11.6 Å². The molecule has 6 heteroatoms. The summed E-state index contributed by atoms with van der Waals surface area (Å²) in [5.41, 5.74) is 2.90. The molecule has 0 spiro atoms. The van der Waals surface area contributed by atoms with Gasteiger partial charge < -0.3 is 10.0 Å². The summed E-state index contributed by atoms with van der Waals surface area (Å²) in [5.74, 6) is 0.115. The molecule has 5 nitrogen and oxygen atoms in total. The Morgan fingerprint density at radius 2 is 1.74 bits per heavy atom. The van der Waals surface area contributed by atoms with Gasteiger partial charge in [0.1, 0.15) is 0 Å². The number of pyridine rings is 1. The molecule has 160 valence electrons. The highest BCUT2D eigenvalue weighted by atomic mass is 35.5. The number of rotatable bonds is 7. The number of aromatic hydroxyl groups is 1. The first kappa shape index (κ1) is 21.2. The number of nitrogens with zero attached hydrogens (tertiary/aromatic N) is 3. The summed E-state index contributed by atoms with van der Waals surface area (Å²) in [6, 6.07) is 17.0. The van der Waals surface area contributed by atoms with Gasteiger partial charge in [-0.1, -0.05) is 43.6 Å². The van der Waals surface area contributed by atoms with Crippen LogP contribution in [-0.2, 0) is 11.2 Å². The zero-order chi connectivity index (χ0) is 22.0. The molecule has 0 atom stereocenters. The molecule has 0 bridgehead atoms. The predicted molar refractivity (Wildman–Crippen MR) is 126 cm³/mol. The van der Waals surface area contributed by atoms with E-state index in [-0.39, 0.29) is 18.2 Å². The Hall–Kier alpha value is -3.05. The van der Waals surface area contributed by atoms with Gasteiger partial charge in [0.2, 0.25) is 11.8 Å². The van der Waals surface area contributed by atoms with Crippen LogP contribution in [0.1, 0.15) is 32.4 Å². The fraction of sp³-hybridized carbons (Fsp3) is 0.280. The lowest BCUT2D eigenvalue weighted by molar-refractivity contribution is -0.130. The third-order valence-corrected chi connectivity index (χ3v) is 5.72. The van der Waals surface area contributed by atoms with Crippen LogP contribution in [0.4, 0.5) is 0 Å². The normalized spacial score (nSPS) is 11.3. The number of amides is 1. The molecule has 0 radical (unpaired) electrons. The largest absolute Gasteiger partial charge is 0.494 e. The molecule has 2 heterocycles. The molecule has 31 heavy (non-hydrogen) atoms. The molecule has 4 rings (SSSR count). The van der Waals surface area contributed by atoms with E-state index in [4.69, 9.17) is 16.6 Å². The topological polar surface area (TPSA) is 58.4 Å². The molecular formula is C25H26ClN3O2. The molecule has 1 amide bonds. The van der Waals surface area contributed by atoms with Crippen molar-refractivity contribution in [1.29, 1.82) is 0 Å². The summed E-state index contributed by atoms with van der Waals surface area (Å²) in [6.45, 7) is 5.58. The van der Waals surface area contributed by atoms with Crippen molar-refractivity contribution in [3.8, 4) is 11.6 Å². The van der Waals surface area contributed by atoms with Crippen LogP contribution in [0.15, 0.2) is 54.6 Å². The van der Waals surface area contributed by atoms with Crippen molar-refractivity contribution in [1.82, 2.24) is 14.5 Å². The maximum atomic E-state index is 13.2. The van der Waals surface area contributed by atoms with E-state index >= 15 is 0 Å². The number of benzene rings is 2. The van der Waals surface area contributed by atoms with E-state index in [1.54, 1.807) is 16.7 Å². The molecule has 1 N–H and O–H groups in total. The maximum Gasteiger partial charge on any atom is 0.228 e. The standard InChI is InChI=1S/C25H26ClN3O2/c1-3-13-28(14-4-2)23(30)16-22-24-20(15-17-7-5-6-8-21(17)27-24)25(31)29(22)19-11-9-18(26)10-12-19/h5-12,15,31H,3-4,13-14,16H2,1-2H3. The molecule has 0 aliphatic rings. The van der Waals surface area contributed by atoms with E-state index < -0.39 is 0 Å². The lowest BCUT2D eigenvalue weighted by Gasteiger charge is -2.22. The first-order valence-electron chi connectivity index (χ1n) is 10.7. The summed E-state index contributed by atoms with van der Waals surface area (Å²) < 4.78 is 1.72. The Balaban J connectivity index is 1.91. The monoisotopic (exact) mass is 435 g/mol. The van der Waals surface area contributed by atoms with Gasteiger partial charge >= 0.3 is 0 Å². The number of aromatic nitrogens is 2. The lowest BCUT2D eigenvalue weighted by atomic mass is 10.1. The lowest BCUT2D eigenvalue weighted by Crippen LogP contribution is -2.34. The summed E-state index contributed by atoms with van der Waals surface area (Å²) in [7, 11) is 0. The molecule has 2 aromatic carbocycles. The fourth-order valence-corrected chi connectivity index (χ4v) is 4.17. The number of para-hydroxylation sites is 1. The number of hydrogen-bond donors (Lipinski definition) is 1. The van der Waals surface area contributed by atoms with E-state index in [1.165, 1.54) is 0 Å². The van der Waals surface area contributed by atoms with Crippen LogP contribution in [-0.4, -0.2) is 38.6 Å². The fourth-order valence-electron chi connectivity index (χ4n) is 4.05. The number of carbonyl (C=O) groups excluding carboxylic acids is 1. The van der Waals surface area contributed by atoms with E-state index in [9.17, 15) is 9.90 Å². The third-order valence-electron chi connectivity index (χ3n) is 5.46. The van der Waals surface area contributed by atoms with Crippen LogP contribution in [0.5, 0.6) is 5.88 Å². The average Bonchev–Trinajstić information content (AvgIpc) is 3.03. The number of carbonyl (C=O) groups is 1. The van der Waals surface area contributed by atoms with Gasteiger partial charge in [0.15, 0.2) is 0 Å². The molecule has 0 aliphatic heterocycles. The summed E-state index contributed by atoms with van der Waals surface area (Å²) >= 11 is 6.08. The Morgan fingerprint density at radius 1 is 1.06 bits per heavy atom. The van der Waals surface area contributed by atoms with E-state index in [2.05, 4.69) is 13.8 Å². The second-order valence-electron chi connectivity index (χ2n) is 7.72. The van der Waals surface area contributed by atoms with Crippen molar-refractivity contribution in [2.75, 3.05) is 13.1 Å². The SMILES string of the molecule is CCCN(CCC)C(=O)Cc1c2nc3ccccc3cc2c(O)n1-c1ccc(Cl)cc1. The van der Waals surface area contributed by atoms with Gasteiger partial charge in [-0.15, -0.1) is 0 Å². The zero-order valence-corrected chi connectivity index (χ0v) is 18.6. The maximum absolute atomic E-state index is 13.2. The Bertz CT molecular complexity index is 1230. The van der Waals surface area contributed by atoms with Gasteiger partial charge in [0.05, 0.1) is 28.5 Å². The zero-order valence-electron chi connectivity index (χ0n) is 17.8. The molecule has 0 saturated heterocycles. The highest BCUT2D eigenvalue weighted by molar-refractivity contribution is 6.30. The minimum absolute atomic E-state index is 0.0354. The van der Waals surface area contributed by atoms with Crippen molar-refractivity contribution in [2.24, 2.45) is 0 Å². The van der Waals surface area contributed by atoms with Crippen LogP contribution in [0.25, 0.3) is 27.5 Å². The average molecular weight is 436 g/mol. The van der Waals surface area contributed by atoms with E-state index in [1.807, 2.05) is 47.4 Å². The molecule has 0 unspecified atom stereocenters. The van der Waals surface area contributed by atoms with Crippen molar-refractivity contribution in [3.05, 3.63) is 65.3 Å². The van der Waals surface area contributed by atoms with Crippen molar-refractivity contribution in [2.45, 2.75) is 33.1 Å². The van der Waals surface area contributed by atoms with Crippen LogP contribution in [0, 0.1) is 0 Å². The minimum Gasteiger partial charge on any atom is -0.494 e. The minimum atomic E-state index is 0.0354. The van der Waals surface area contributed by atoms with Crippen LogP contribution < -0.4 is 0 Å². The Kier molecular flexibility index (Phi) is 6.14. The first-order valence-corrected chi connectivity index (χ1v) is 11.1. The van der Waals surface area contributed by atoms with Gasteiger partial charge in [-0.2, -0.15) is 0 Å². The third kappa shape index (κ3) is 4.10. The molecule has 0 fully saturated rings. The molecule has 0 saturated carbocycles. The summed E-state index contributed by atoms with van der Waals surface area (Å²) in [6.07, 6.45) is 1.96. The van der Waals surface area contributed by atoms with Crippen molar-refractivity contribution >= 4 is 39.3 Å². The van der Waals surface area contributed by atoms with Gasteiger partial charge in [0, 0.05) is 29.2 Å².